The molecular formula is C17H19BrO. The maximum absolute atomic E-state index is 10.5. The molecule has 2 heteroatoms. The van der Waals surface area contributed by atoms with Gasteiger partial charge in [0.2, 0.25) is 0 Å². The summed E-state index contributed by atoms with van der Waals surface area (Å²) in [5.41, 5.74) is 3.41. The normalized spacial score (nSPS) is 12.7. The first-order chi connectivity index (χ1) is 9.08. The van der Waals surface area contributed by atoms with Crippen LogP contribution in [0.1, 0.15) is 42.6 Å². The van der Waals surface area contributed by atoms with E-state index in [4.69, 9.17) is 0 Å². The first kappa shape index (κ1) is 14.3. The van der Waals surface area contributed by atoms with E-state index < -0.39 is 6.10 Å². The summed E-state index contributed by atoms with van der Waals surface area (Å²) in [4.78, 5) is 0. The molecule has 2 aromatic carbocycles. The number of aliphatic hydroxyl groups excluding tert-OH is 1. The third kappa shape index (κ3) is 3.68. The Balaban J connectivity index is 2.23. The molecule has 0 heterocycles. The summed E-state index contributed by atoms with van der Waals surface area (Å²) < 4.78 is 1.05. The Morgan fingerprint density at radius 2 is 1.68 bits per heavy atom. The molecule has 0 saturated heterocycles. The standard InChI is InChI=1S/C17H19BrO/c1-12(2)15-8-3-4-9-16(15)17(19)11-13-6-5-7-14(18)10-13/h3-10,12,17,19H,11H2,1-2H3. The van der Waals surface area contributed by atoms with Crippen molar-refractivity contribution in [3.05, 3.63) is 69.7 Å². The summed E-state index contributed by atoms with van der Waals surface area (Å²) in [6.45, 7) is 4.31. The van der Waals surface area contributed by atoms with E-state index in [2.05, 4.69) is 41.9 Å². The molecule has 0 spiro atoms. The van der Waals surface area contributed by atoms with E-state index in [0.29, 0.717) is 12.3 Å². The lowest BCUT2D eigenvalue weighted by Gasteiger charge is -2.18. The lowest BCUT2D eigenvalue weighted by atomic mass is 9.91. The number of hydrogen-bond acceptors (Lipinski definition) is 1. The highest BCUT2D eigenvalue weighted by atomic mass is 79.9. The molecule has 0 aromatic heterocycles. The maximum Gasteiger partial charge on any atom is 0.0833 e. The third-order valence-corrected chi connectivity index (χ3v) is 3.79. The quantitative estimate of drug-likeness (QED) is 0.854. The van der Waals surface area contributed by atoms with E-state index in [1.807, 2.05) is 36.4 Å². The minimum atomic E-state index is -0.451. The number of benzene rings is 2. The van der Waals surface area contributed by atoms with E-state index in [1.54, 1.807) is 0 Å². The topological polar surface area (TPSA) is 20.2 Å². The molecule has 1 atom stereocenters. The van der Waals surface area contributed by atoms with Gasteiger partial charge >= 0.3 is 0 Å². The molecule has 100 valence electrons. The highest BCUT2D eigenvalue weighted by molar-refractivity contribution is 9.10. The fourth-order valence-electron chi connectivity index (χ4n) is 2.34. The average molecular weight is 319 g/mol. The van der Waals surface area contributed by atoms with Gasteiger partial charge in [0.25, 0.3) is 0 Å². The first-order valence-electron chi connectivity index (χ1n) is 6.59. The second-order valence-electron chi connectivity index (χ2n) is 5.13. The predicted molar refractivity (Wildman–Crippen MR) is 83.3 cm³/mol. The summed E-state index contributed by atoms with van der Waals surface area (Å²) in [6, 6.07) is 16.3. The highest BCUT2D eigenvalue weighted by Crippen LogP contribution is 2.27. The monoisotopic (exact) mass is 318 g/mol. The smallest absolute Gasteiger partial charge is 0.0833 e. The Labute approximate surface area is 123 Å². The number of aliphatic hydroxyl groups is 1. The van der Waals surface area contributed by atoms with Gasteiger partial charge in [-0.25, -0.2) is 0 Å². The number of rotatable bonds is 4. The van der Waals surface area contributed by atoms with Crippen molar-refractivity contribution in [1.29, 1.82) is 0 Å². The van der Waals surface area contributed by atoms with Crippen LogP contribution in [0.25, 0.3) is 0 Å². The van der Waals surface area contributed by atoms with Crippen molar-refractivity contribution >= 4 is 15.9 Å². The van der Waals surface area contributed by atoms with Crippen LogP contribution in [0.2, 0.25) is 0 Å². The molecule has 2 rings (SSSR count). The predicted octanol–water partition coefficient (Wildman–Crippen LogP) is 4.85. The van der Waals surface area contributed by atoms with Crippen molar-refractivity contribution in [3.8, 4) is 0 Å². The summed E-state index contributed by atoms with van der Waals surface area (Å²) in [6.07, 6.45) is 0.191. The second-order valence-corrected chi connectivity index (χ2v) is 6.05. The number of hydrogen-bond donors (Lipinski definition) is 1. The molecule has 0 bridgehead atoms. The molecule has 0 aliphatic heterocycles. The van der Waals surface area contributed by atoms with Crippen LogP contribution in [-0.4, -0.2) is 5.11 Å². The molecule has 0 aliphatic carbocycles. The van der Waals surface area contributed by atoms with Crippen LogP contribution in [0, 0.1) is 0 Å². The van der Waals surface area contributed by atoms with Crippen molar-refractivity contribution in [3.63, 3.8) is 0 Å². The Morgan fingerprint density at radius 3 is 2.32 bits per heavy atom. The molecule has 0 radical (unpaired) electrons. The Morgan fingerprint density at radius 1 is 1.00 bits per heavy atom. The van der Waals surface area contributed by atoms with E-state index in [9.17, 15) is 5.11 Å². The zero-order valence-electron chi connectivity index (χ0n) is 11.3. The molecule has 0 amide bonds. The van der Waals surface area contributed by atoms with Gasteiger partial charge in [0, 0.05) is 10.9 Å². The third-order valence-electron chi connectivity index (χ3n) is 3.30. The molecule has 19 heavy (non-hydrogen) atoms. The lowest BCUT2D eigenvalue weighted by Crippen LogP contribution is -2.06. The Bertz CT molecular complexity index is 548. The largest absolute Gasteiger partial charge is 0.388 e. The van der Waals surface area contributed by atoms with Crippen LogP contribution in [0.5, 0.6) is 0 Å². The maximum atomic E-state index is 10.5. The van der Waals surface area contributed by atoms with E-state index in [1.165, 1.54) is 5.56 Å². The second kappa shape index (κ2) is 6.36. The van der Waals surface area contributed by atoms with Gasteiger partial charge in [-0.05, 0) is 34.7 Å². The van der Waals surface area contributed by atoms with E-state index in [-0.39, 0.29) is 0 Å². The van der Waals surface area contributed by atoms with Crippen molar-refractivity contribution in [2.75, 3.05) is 0 Å². The molecule has 2 aromatic rings. The van der Waals surface area contributed by atoms with Crippen LogP contribution in [0.4, 0.5) is 0 Å². The molecule has 0 fully saturated rings. The first-order valence-corrected chi connectivity index (χ1v) is 7.38. The van der Waals surface area contributed by atoms with Gasteiger partial charge in [-0.15, -0.1) is 0 Å². The van der Waals surface area contributed by atoms with Gasteiger partial charge in [-0.1, -0.05) is 66.2 Å². The van der Waals surface area contributed by atoms with Crippen LogP contribution < -0.4 is 0 Å². The van der Waals surface area contributed by atoms with Crippen LogP contribution >= 0.6 is 15.9 Å². The number of halogens is 1. The molecule has 1 unspecified atom stereocenters. The van der Waals surface area contributed by atoms with Gasteiger partial charge in [0.1, 0.15) is 0 Å². The fraction of sp³-hybridized carbons (Fsp3) is 0.294. The molecule has 1 N–H and O–H groups in total. The summed E-state index contributed by atoms with van der Waals surface area (Å²) >= 11 is 3.46. The summed E-state index contributed by atoms with van der Waals surface area (Å²) in [7, 11) is 0. The summed E-state index contributed by atoms with van der Waals surface area (Å²) in [5.74, 6) is 0.424. The lowest BCUT2D eigenvalue weighted by molar-refractivity contribution is 0.177. The van der Waals surface area contributed by atoms with Crippen LogP contribution in [0.15, 0.2) is 53.0 Å². The molecule has 1 nitrogen and oxygen atoms in total. The minimum Gasteiger partial charge on any atom is -0.388 e. The minimum absolute atomic E-state index is 0.424. The van der Waals surface area contributed by atoms with Crippen LogP contribution in [-0.2, 0) is 6.42 Å². The van der Waals surface area contributed by atoms with Gasteiger partial charge in [-0.2, -0.15) is 0 Å². The van der Waals surface area contributed by atoms with E-state index >= 15 is 0 Å². The molecule has 0 aliphatic rings. The van der Waals surface area contributed by atoms with Crippen molar-refractivity contribution in [1.82, 2.24) is 0 Å². The SMILES string of the molecule is CC(C)c1ccccc1C(O)Cc1cccc(Br)c1. The van der Waals surface area contributed by atoms with E-state index in [0.717, 1.165) is 15.6 Å². The van der Waals surface area contributed by atoms with Crippen molar-refractivity contribution in [2.45, 2.75) is 32.3 Å². The fourth-order valence-corrected chi connectivity index (χ4v) is 2.78. The zero-order chi connectivity index (χ0) is 13.8. The van der Waals surface area contributed by atoms with Gasteiger partial charge in [0.05, 0.1) is 6.10 Å². The molecule has 0 saturated carbocycles. The van der Waals surface area contributed by atoms with Crippen molar-refractivity contribution in [2.24, 2.45) is 0 Å². The van der Waals surface area contributed by atoms with Crippen molar-refractivity contribution < 1.29 is 5.11 Å². The van der Waals surface area contributed by atoms with Gasteiger partial charge in [-0.3, -0.25) is 0 Å². The van der Waals surface area contributed by atoms with Gasteiger partial charge in [0.15, 0.2) is 0 Å². The molecular weight excluding hydrogens is 300 g/mol. The summed E-state index contributed by atoms with van der Waals surface area (Å²) in [5, 5.41) is 10.5. The van der Waals surface area contributed by atoms with Crippen LogP contribution in [0.3, 0.4) is 0 Å². The Hall–Kier alpha value is -1.12. The zero-order valence-corrected chi connectivity index (χ0v) is 12.9. The average Bonchev–Trinajstić information content (AvgIpc) is 2.38. The van der Waals surface area contributed by atoms with Gasteiger partial charge < -0.3 is 5.11 Å². The Kier molecular flexibility index (Phi) is 4.78. The highest BCUT2D eigenvalue weighted by Gasteiger charge is 2.14.